The average Bonchev–Trinajstić information content (AvgIpc) is 2.96. The Labute approximate surface area is 255 Å². The van der Waals surface area contributed by atoms with E-state index in [0.717, 1.165) is 15.6 Å². The summed E-state index contributed by atoms with van der Waals surface area (Å²) >= 11 is 6.92. The van der Waals surface area contributed by atoms with E-state index >= 15 is 0 Å². The molecule has 0 saturated heterocycles. The van der Waals surface area contributed by atoms with Crippen LogP contribution in [0.3, 0.4) is 0 Å². The molecule has 0 aliphatic rings. The van der Waals surface area contributed by atoms with E-state index in [0.29, 0.717) is 45.1 Å². The fraction of sp³-hybridized carbons (Fsp3) is 0.129. The minimum absolute atomic E-state index is 0.222. The van der Waals surface area contributed by atoms with E-state index in [4.69, 9.17) is 14.2 Å². The van der Waals surface area contributed by atoms with Crippen molar-refractivity contribution in [2.75, 3.05) is 19.0 Å². The first kappa shape index (κ1) is 29.8. The molecule has 4 aromatic carbocycles. The van der Waals surface area contributed by atoms with Crippen molar-refractivity contribution in [3.8, 4) is 17.2 Å². The van der Waals surface area contributed by atoms with Crippen LogP contribution in [0.4, 0.5) is 5.69 Å². The lowest BCUT2D eigenvalue weighted by molar-refractivity contribution is -0.118. The van der Waals surface area contributed by atoms with Crippen molar-refractivity contribution in [3.05, 3.63) is 116 Å². The SMILES string of the molecule is COc1cc(C(=O)N/N=C/c2cc(Br)cc(Br)c2OCC(=O)Nc2cccc(C)c2)ccc1OCc1ccccc1. The topological polar surface area (TPSA) is 98.3 Å². The van der Waals surface area contributed by atoms with Crippen LogP contribution in [0.15, 0.2) is 99.0 Å². The van der Waals surface area contributed by atoms with Gasteiger partial charge in [0.2, 0.25) is 0 Å². The van der Waals surface area contributed by atoms with Gasteiger partial charge in [-0.25, -0.2) is 5.43 Å². The van der Waals surface area contributed by atoms with E-state index in [9.17, 15) is 9.59 Å². The summed E-state index contributed by atoms with van der Waals surface area (Å²) in [5.41, 5.74) is 6.12. The molecular weight excluding hydrogens is 654 g/mol. The summed E-state index contributed by atoms with van der Waals surface area (Å²) in [6.07, 6.45) is 1.44. The van der Waals surface area contributed by atoms with Crippen LogP contribution >= 0.6 is 31.9 Å². The van der Waals surface area contributed by atoms with Crippen LogP contribution in [0.1, 0.15) is 27.0 Å². The molecule has 8 nitrogen and oxygen atoms in total. The first-order chi connectivity index (χ1) is 19.8. The molecule has 0 unspecified atom stereocenters. The van der Waals surface area contributed by atoms with Gasteiger partial charge in [0.1, 0.15) is 12.4 Å². The Kier molecular flexibility index (Phi) is 10.5. The maximum Gasteiger partial charge on any atom is 0.271 e. The van der Waals surface area contributed by atoms with E-state index < -0.39 is 5.91 Å². The molecule has 0 spiro atoms. The fourth-order valence-corrected chi connectivity index (χ4v) is 5.15. The highest BCUT2D eigenvalue weighted by atomic mass is 79.9. The average molecular weight is 681 g/mol. The lowest BCUT2D eigenvalue weighted by Gasteiger charge is -2.13. The molecular formula is C31H27Br2N3O5. The highest BCUT2D eigenvalue weighted by molar-refractivity contribution is 9.11. The smallest absolute Gasteiger partial charge is 0.271 e. The van der Waals surface area contributed by atoms with E-state index in [1.165, 1.54) is 13.3 Å². The highest BCUT2D eigenvalue weighted by Crippen LogP contribution is 2.32. The highest BCUT2D eigenvalue weighted by Gasteiger charge is 2.14. The zero-order valence-electron chi connectivity index (χ0n) is 22.3. The van der Waals surface area contributed by atoms with Crippen molar-refractivity contribution in [1.29, 1.82) is 0 Å². The number of carbonyl (C=O) groups excluding carboxylic acids is 2. The molecule has 2 amide bonds. The summed E-state index contributed by atoms with van der Waals surface area (Å²) in [6.45, 7) is 2.09. The quantitative estimate of drug-likeness (QED) is 0.133. The van der Waals surface area contributed by atoms with Gasteiger partial charge in [0.25, 0.3) is 11.8 Å². The number of amides is 2. The molecule has 0 bridgehead atoms. The molecule has 0 radical (unpaired) electrons. The first-order valence-corrected chi connectivity index (χ1v) is 14.1. The monoisotopic (exact) mass is 679 g/mol. The summed E-state index contributed by atoms with van der Waals surface area (Å²) in [5, 5.41) is 6.91. The van der Waals surface area contributed by atoms with E-state index in [2.05, 4.69) is 47.7 Å². The first-order valence-electron chi connectivity index (χ1n) is 12.5. The number of benzene rings is 4. The van der Waals surface area contributed by atoms with Gasteiger partial charge in [-0.15, -0.1) is 0 Å². The van der Waals surface area contributed by atoms with Crippen LogP contribution in [0.2, 0.25) is 0 Å². The van der Waals surface area contributed by atoms with Crippen molar-refractivity contribution in [2.24, 2.45) is 5.10 Å². The minimum atomic E-state index is -0.441. The van der Waals surface area contributed by atoms with Gasteiger partial charge in [-0.1, -0.05) is 58.4 Å². The number of nitrogens with zero attached hydrogens (tertiary/aromatic N) is 1. The summed E-state index contributed by atoms with van der Waals surface area (Å²) < 4.78 is 18.5. The Morgan fingerprint density at radius 1 is 0.902 bits per heavy atom. The fourth-order valence-electron chi connectivity index (χ4n) is 3.77. The van der Waals surface area contributed by atoms with Gasteiger partial charge in [0.05, 0.1) is 17.8 Å². The number of halogens is 2. The number of hydrogen-bond donors (Lipinski definition) is 2. The second-order valence-electron chi connectivity index (χ2n) is 8.85. The predicted molar refractivity (Wildman–Crippen MR) is 166 cm³/mol. The predicted octanol–water partition coefficient (Wildman–Crippen LogP) is 6.89. The van der Waals surface area contributed by atoms with Gasteiger partial charge in [0, 0.05) is 21.3 Å². The van der Waals surface area contributed by atoms with Crippen molar-refractivity contribution >= 4 is 55.6 Å². The van der Waals surface area contributed by atoms with Crippen LogP contribution in [-0.4, -0.2) is 31.7 Å². The Morgan fingerprint density at radius 3 is 2.46 bits per heavy atom. The number of anilines is 1. The summed E-state index contributed by atoms with van der Waals surface area (Å²) in [7, 11) is 1.51. The number of hydrazone groups is 1. The van der Waals surface area contributed by atoms with Gasteiger partial charge in [-0.05, 0) is 76.4 Å². The molecule has 210 valence electrons. The molecule has 0 saturated carbocycles. The Bertz CT molecular complexity index is 1560. The largest absolute Gasteiger partial charge is 0.493 e. The number of carbonyl (C=O) groups is 2. The summed E-state index contributed by atoms with van der Waals surface area (Å²) in [4.78, 5) is 25.3. The molecule has 41 heavy (non-hydrogen) atoms. The van der Waals surface area contributed by atoms with Crippen LogP contribution in [0, 0.1) is 6.92 Å². The number of ether oxygens (including phenoxy) is 3. The van der Waals surface area contributed by atoms with Crippen LogP contribution in [0.5, 0.6) is 17.2 Å². The Hall–Kier alpha value is -4.15. The third-order valence-corrected chi connectivity index (χ3v) is 6.77. The lowest BCUT2D eigenvalue weighted by Crippen LogP contribution is -2.21. The molecule has 10 heteroatoms. The molecule has 4 rings (SSSR count). The van der Waals surface area contributed by atoms with Gasteiger partial charge in [-0.3, -0.25) is 9.59 Å². The Morgan fingerprint density at radius 2 is 1.71 bits per heavy atom. The molecule has 0 fully saturated rings. The second kappa shape index (κ2) is 14.5. The molecule has 4 aromatic rings. The zero-order valence-corrected chi connectivity index (χ0v) is 25.5. The molecule has 0 heterocycles. The van der Waals surface area contributed by atoms with E-state index in [1.807, 2.05) is 61.5 Å². The number of rotatable bonds is 11. The summed E-state index contributed by atoms with van der Waals surface area (Å²) in [5.74, 6) is 0.582. The number of hydrogen-bond acceptors (Lipinski definition) is 6. The normalized spacial score (nSPS) is 10.7. The van der Waals surface area contributed by atoms with Gasteiger partial charge >= 0.3 is 0 Å². The molecule has 2 N–H and O–H groups in total. The maximum atomic E-state index is 12.8. The van der Waals surface area contributed by atoms with Gasteiger partial charge in [0.15, 0.2) is 18.1 Å². The third-order valence-electron chi connectivity index (χ3n) is 5.72. The molecule has 0 aromatic heterocycles. The van der Waals surface area contributed by atoms with E-state index in [-0.39, 0.29) is 12.5 Å². The lowest BCUT2D eigenvalue weighted by atomic mass is 10.2. The third kappa shape index (κ3) is 8.67. The van der Waals surface area contributed by atoms with Crippen molar-refractivity contribution in [3.63, 3.8) is 0 Å². The van der Waals surface area contributed by atoms with Crippen molar-refractivity contribution in [2.45, 2.75) is 13.5 Å². The zero-order chi connectivity index (χ0) is 29.2. The van der Waals surface area contributed by atoms with Crippen LogP contribution in [0.25, 0.3) is 0 Å². The van der Waals surface area contributed by atoms with Gasteiger partial charge < -0.3 is 19.5 Å². The minimum Gasteiger partial charge on any atom is -0.493 e. The number of nitrogens with one attached hydrogen (secondary N) is 2. The van der Waals surface area contributed by atoms with Crippen LogP contribution < -0.4 is 25.0 Å². The van der Waals surface area contributed by atoms with E-state index in [1.54, 1.807) is 30.3 Å². The summed E-state index contributed by atoms with van der Waals surface area (Å²) in [6, 6.07) is 25.7. The van der Waals surface area contributed by atoms with Crippen molar-refractivity contribution in [1.82, 2.24) is 5.43 Å². The molecule has 0 aliphatic heterocycles. The maximum absolute atomic E-state index is 12.8. The standard InChI is InChI=1S/C31H27Br2N3O5/c1-20-7-6-10-25(13-20)35-29(37)19-41-30-23(14-24(32)16-26(30)33)17-34-36-31(38)22-11-12-27(28(15-22)39-2)40-18-21-8-4-3-5-9-21/h3-17H,18-19H2,1-2H3,(H,35,37)(H,36,38)/b34-17+. The second-order valence-corrected chi connectivity index (χ2v) is 10.6. The van der Waals surface area contributed by atoms with Gasteiger partial charge in [-0.2, -0.15) is 5.10 Å². The Balaban J connectivity index is 1.39. The molecule has 0 aliphatic carbocycles. The number of methoxy groups -OCH3 is 1. The number of aryl methyl sites for hydroxylation is 1. The van der Waals surface area contributed by atoms with Crippen molar-refractivity contribution < 1.29 is 23.8 Å². The van der Waals surface area contributed by atoms with Crippen LogP contribution in [-0.2, 0) is 11.4 Å². The molecule has 0 atom stereocenters.